The average Bonchev–Trinajstić information content (AvgIpc) is 3.02. The maximum absolute atomic E-state index is 14.2. The van der Waals surface area contributed by atoms with Gasteiger partial charge in [-0.15, -0.1) is 0 Å². The third kappa shape index (κ3) is 3.99. The SMILES string of the molecule is CC1CCCN(c2cc(CNCC3CCCO3)ccc2F)C1. The molecule has 1 aromatic carbocycles. The number of nitrogens with one attached hydrogen (secondary N) is 1. The minimum atomic E-state index is -0.100. The number of hydrogen-bond donors (Lipinski definition) is 1. The Hall–Kier alpha value is -1.13. The molecule has 22 heavy (non-hydrogen) atoms. The Morgan fingerprint density at radius 2 is 2.23 bits per heavy atom. The molecule has 4 heteroatoms. The molecule has 2 heterocycles. The van der Waals surface area contributed by atoms with Gasteiger partial charge in [-0.3, -0.25) is 0 Å². The van der Waals surface area contributed by atoms with Gasteiger partial charge in [0.2, 0.25) is 0 Å². The Bertz CT molecular complexity index is 488. The molecule has 2 aliphatic rings. The van der Waals surface area contributed by atoms with E-state index >= 15 is 0 Å². The van der Waals surface area contributed by atoms with Crippen molar-refractivity contribution in [2.45, 2.75) is 45.3 Å². The van der Waals surface area contributed by atoms with E-state index in [-0.39, 0.29) is 5.82 Å². The maximum atomic E-state index is 14.2. The van der Waals surface area contributed by atoms with E-state index in [1.54, 1.807) is 6.07 Å². The van der Waals surface area contributed by atoms with Crippen molar-refractivity contribution in [3.05, 3.63) is 29.6 Å². The van der Waals surface area contributed by atoms with Crippen LogP contribution in [-0.2, 0) is 11.3 Å². The number of ether oxygens (including phenoxy) is 1. The Morgan fingerprint density at radius 1 is 1.32 bits per heavy atom. The maximum Gasteiger partial charge on any atom is 0.146 e. The highest BCUT2D eigenvalue weighted by atomic mass is 19.1. The second-order valence-corrected chi connectivity index (χ2v) is 6.75. The normalized spacial score (nSPS) is 25.6. The van der Waals surface area contributed by atoms with Crippen molar-refractivity contribution < 1.29 is 9.13 Å². The lowest BCUT2D eigenvalue weighted by Gasteiger charge is -2.33. The number of benzene rings is 1. The molecule has 0 saturated carbocycles. The molecule has 0 spiro atoms. The van der Waals surface area contributed by atoms with Gasteiger partial charge in [-0.05, 0) is 49.3 Å². The number of halogens is 1. The predicted molar refractivity (Wildman–Crippen MR) is 87.7 cm³/mol. The molecule has 2 fully saturated rings. The molecule has 0 amide bonds. The fourth-order valence-electron chi connectivity index (χ4n) is 3.50. The largest absolute Gasteiger partial charge is 0.377 e. The quantitative estimate of drug-likeness (QED) is 0.903. The molecule has 2 aliphatic heterocycles. The Morgan fingerprint density at radius 3 is 3.00 bits per heavy atom. The second-order valence-electron chi connectivity index (χ2n) is 6.75. The summed E-state index contributed by atoms with van der Waals surface area (Å²) < 4.78 is 19.8. The van der Waals surface area contributed by atoms with Crippen LogP contribution < -0.4 is 10.2 Å². The van der Waals surface area contributed by atoms with Crippen molar-refractivity contribution in [2.75, 3.05) is 31.1 Å². The van der Waals surface area contributed by atoms with Gasteiger partial charge in [-0.2, -0.15) is 0 Å². The van der Waals surface area contributed by atoms with E-state index in [2.05, 4.69) is 17.1 Å². The molecule has 1 aromatic rings. The van der Waals surface area contributed by atoms with E-state index in [1.807, 2.05) is 12.1 Å². The zero-order valence-corrected chi connectivity index (χ0v) is 13.5. The fourth-order valence-corrected chi connectivity index (χ4v) is 3.50. The molecule has 0 aromatic heterocycles. The van der Waals surface area contributed by atoms with Crippen LogP contribution >= 0.6 is 0 Å². The van der Waals surface area contributed by atoms with Crippen LogP contribution in [0.15, 0.2) is 18.2 Å². The summed E-state index contributed by atoms with van der Waals surface area (Å²) in [6.07, 6.45) is 5.07. The summed E-state index contributed by atoms with van der Waals surface area (Å²) in [5.41, 5.74) is 1.91. The fraction of sp³-hybridized carbons (Fsp3) is 0.667. The minimum Gasteiger partial charge on any atom is -0.377 e. The van der Waals surface area contributed by atoms with Gasteiger partial charge in [0.05, 0.1) is 11.8 Å². The molecule has 0 bridgehead atoms. The smallest absolute Gasteiger partial charge is 0.146 e. The molecule has 122 valence electrons. The molecule has 0 radical (unpaired) electrons. The molecule has 3 nitrogen and oxygen atoms in total. The molecule has 2 saturated heterocycles. The number of hydrogen-bond acceptors (Lipinski definition) is 3. The zero-order chi connectivity index (χ0) is 15.4. The summed E-state index contributed by atoms with van der Waals surface area (Å²) in [5, 5.41) is 3.44. The summed E-state index contributed by atoms with van der Waals surface area (Å²) in [5.74, 6) is 0.548. The third-order valence-corrected chi connectivity index (χ3v) is 4.73. The van der Waals surface area contributed by atoms with Crippen molar-refractivity contribution in [1.82, 2.24) is 5.32 Å². The van der Waals surface area contributed by atoms with Crippen LogP contribution in [0.1, 0.15) is 38.2 Å². The van der Waals surface area contributed by atoms with Crippen LogP contribution in [-0.4, -0.2) is 32.3 Å². The summed E-state index contributed by atoms with van der Waals surface area (Å²) >= 11 is 0. The van der Waals surface area contributed by atoms with Gasteiger partial charge >= 0.3 is 0 Å². The zero-order valence-electron chi connectivity index (χ0n) is 13.5. The van der Waals surface area contributed by atoms with E-state index in [1.165, 1.54) is 12.8 Å². The molecule has 2 atom stereocenters. The molecule has 2 unspecified atom stereocenters. The Kier molecular flexibility index (Phi) is 5.32. The van der Waals surface area contributed by atoms with Gasteiger partial charge < -0.3 is 15.0 Å². The topological polar surface area (TPSA) is 24.5 Å². The number of rotatable bonds is 5. The first-order valence-electron chi connectivity index (χ1n) is 8.58. The highest BCUT2D eigenvalue weighted by Gasteiger charge is 2.19. The van der Waals surface area contributed by atoms with Crippen LogP contribution in [0.25, 0.3) is 0 Å². The van der Waals surface area contributed by atoms with Gasteiger partial charge in [-0.1, -0.05) is 13.0 Å². The number of piperidine rings is 1. The van der Waals surface area contributed by atoms with E-state index in [0.29, 0.717) is 12.0 Å². The predicted octanol–water partition coefficient (Wildman–Crippen LogP) is 3.33. The first-order chi connectivity index (χ1) is 10.7. The minimum absolute atomic E-state index is 0.100. The lowest BCUT2D eigenvalue weighted by Crippen LogP contribution is -2.35. The number of anilines is 1. The first kappa shape index (κ1) is 15.8. The van der Waals surface area contributed by atoms with E-state index in [9.17, 15) is 4.39 Å². The lowest BCUT2D eigenvalue weighted by atomic mass is 9.99. The second kappa shape index (κ2) is 7.42. The summed E-state index contributed by atoms with van der Waals surface area (Å²) in [4.78, 5) is 2.20. The Labute approximate surface area is 132 Å². The number of nitrogens with zero attached hydrogens (tertiary/aromatic N) is 1. The monoisotopic (exact) mass is 306 g/mol. The molecule has 3 rings (SSSR count). The van der Waals surface area contributed by atoms with E-state index in [0.717, 1.165) is 56.9 Å². The highest BCUT2D eigenvalue weighted by molar-refractivity contribution is 5.50. The van der Waals surface area contributed by atoms with Crippen molar-refractivity contribution >= 4 is 5.69 Å². The van der Waals surface area contributed by atoms with Gasteiger partial charge in [-0.25, -0.2) is 4.39 Å². The van der Waals surface area contributed by atoms with E-state index < -0.39 is 0 Å². The lowest BCUT2D eigenvalue weighted by molar-refractivity contribution is 0.110. The molecule has 1 N–H and O–H groups in total. The highest BCUT2D eigenvalue weighted by Crippen LogP contribution is 2.26. The van der Waals surface area contributed by atoms with Crippen LogP contribution in [0.3, 0.4) is 0 Å². The van der Waals surface area contributed by atoms with Gasteiger partial charge in [0.15, 0.2) is 0 Å². The van der Waals surface area contributed by atoms with Crippen molar-refractivity contribution in [1.29, 1.82) is 0 Å². The van der Waals surface area contributed by atoms with Crippen LogP contribution in [0.5, 0.6) is 0 Å². The van der Waals surface area contributed by atoms with Crippen molar-refractivity contribution in [3.8, 4) is 0 Å². The van der Waals surface area contributed by atoms with Crippen molar-refractivity contribution in [2.24, 2.45) is 5.92 Å². The van der Waals surface area contributed by atoms with Gasteiger partial charge in [0.1, 0.15) is 5.82 Å². The molecule has 0 aliphatic carbocycles. The average molecular weight is 306 g/mol. The van der Waals surface area contributed by atoms with Crippen molar-refractivity contribution in [3.63, 3.8) is 0 Å². The van der Waals surface area contributed by atoms with Crippen LogP contribution in [0, 0.1) is 11.7 Å². The standard InChI is InChI=1S/C18H27FN2O/c1-14-4-2-8-21(13-14)18-10-15(6-7-17(18)19)11-20-12-16-5-3-9-22-16/h6-7,10,14,16,20H,2-5,8-9,11-13H2,1H3. The van der Waals surface area contributed by atoms with E-state index in [4.69, 9.17) is 4.74 Å². The first-order valence-corrected chi connectivity index (χ1v) is 8.58. The molecular weight excluding hydrogens is 279 g/mol. The summed E-state index contributed by atoms with van der Waals surface area (Å²) in [6, 6.07) is 5.50. The third-order valence-electron chi connectivity index (χ3n) is 4.73. The molecular formula is C18H27FN2O. The van der Waals surface area contributed by atoms with Crippen LogP contribution in [0.4, 0.5) is 10.1 Å². The Balaban J connectivity index is 1.59. The summed E-state index contributed by atoms with van der Waals surface area (Å²) in [7, 11) is 0. The van der Waals surface area contributed by atoms with Gasteiger partial charge in [0, 0.05) is 32.8 Å². The summed E-state index contributed by atoms with van der Waals surface area (Å²) in [6.45, 7) is 6.72. The van der Waals surface area contributed by atoms with Crippen LogP contribution in [0.2, 0.25) is 0 Å². The van der Waals surface area contributed by atoms with Gasteiger partial charge in [0.25, 0.3) is 0 Å².